The van der Waals surface area contributed by atoms with Gasteiger partial charge in [0.2, 0.25) is 11.8 Å². The van der Waals surface area contributed by atoms with Crippen LogP contribution in [0.2, 0.25) is 0 Å². The van der Waals surface area contributed by atoms with Crippen molar-refractivity contribution in [2.45, 2.75) is 12.8 Å². The maximum absolute atomic E-state index is 14.0. The average Bonchev–Trinajstić information content (AvgIpc) is 3.29. The number of para-hydroxylation sites is 4. The van der Waals surface area contributed by atoms with E-state index >= 15 is 0 Å². The van der Waals surface area contributed by atoms with Gasteiger partial charge >= 0.3 is 0 Å². The van der Waals surface area contributed by atoms with E-state index in [0.717, 1.165) is 22.4 Å². The van der Waals surface area contributed by atoms with Gasteiger partial charge in [-0.15, -0.1) is 0 Å². The summed E-state index contributed by atoms with van der Waals surface area (Å²) in [5.74, 6) is -1.09. The number of hydrogen-bond acceptors (Lipinski definition) is 3. The van der Waals surface area contributed by atoms with Crippen LogP contribution in [0, 0.1) is 11.8 Å². The van der Waals surface area contributed by atoms with Crippen LogP contribution in [0.4, 0.5) is 11.4 Å². The first-order valence-corrected chi connectivity index (χ1v) is 10.8. The first-order valence-electron chi connectivity index (χ1n) is 10.8. The maximum atomic E-state index is 14.0. The predicted octanol–water partition coefficient (Wildman–Crippen LogP) is 5.62. The number of aromatic nitrogens is 2. The normalized spacial score (nSPS) is 17.9. The molecule has 3 aromatic carbocycles. The summed E-state index contributed by atoms with van der Waals surface area (Å²) in [5.41, 5.74) is 3.11. The highest BCUT2D eigenvalue weighted by atomic mass is 16.2. The maximum Gasteiger partial charge on any atom is 0.236 e. The van der Waals surface area contributed by atoms with Crippen LogP contribution in [0.5, 0.6) is 0 Å². The quantitative estimate of drug-likeness (QED) is 0.402. The summed E-state index contributed by atoms with van der Waals surface area (Å²) >= 11 is 0. The largest absolute Gasteiger partial charge is 0.281 e. The summed E-state index contributed by atoms with van der Waals surface area (Å²) in [6, 6.07) is 26.8. The van der Waals surface area contributed by atoms with Gasteiger partial charge < -0.3 is 0 Å². The summed E-state index contributed by atoms with van der Waals surface area (Å²) < 4.78 is 1.59. The molecule has 32 heavy (non-hydrogen) atoms. The molecule has 1 heterocycles. The minimum atomic E-state index is -0.464. The van der Waals surface area contributed by atoms with Gasteiger partial charge in [0.05, 0.1) is 22.9 Å². The van der Waals surface area contributed by atoms with Crippen LogP contribution in [-0.4, -0.2) is 21.4 Å². The highest BCUT2D eigenvalue weighted by molar-refractivity contribution is 6.04. The third kappa shape index (κ3) is 3.62. The molecule has 0 saturated carbocycles. The van der Waals surface area contributed by atoms with Crippen molar-refractivity contribution in [2.75, 3.05) is 4.90 Å². The van der Waals surface area contributed by atoms with Crippen molar-refractivity contribution in [1.29, 1.82) is 0 Å². The van der Waals surface area contributed by atoms with Gasteiger partial charge in [-0.3, -0.25) is 19.1 Å². The van der Waals surface area contributed by atoms with Crippen molar-refractivity contribution in [2.24, 2.45) is 11.8 Å². The number of nitrogens with zero attached hydrogens (tertiary/aromatic N) is 3. The van der Waals surface area contributed by atoms with Crippen molar-refractivity contribution < 1.29 is 9.59 Å². The molecule has 1 aliphatic rings. The number of anilines is 2. The summed E-state index contributed by atoms with van der Waals surface area (Å²) in [6.07, 6.45) is 6.63. The minimum Gasteiger partial charge on any atom is -0.281 e. The van der Waals surface area contributed by atoms with Crippen molar-refractivity contribution in [3.05, 3.63) is 103 Å². The molecule has 0 aliphatic heterocycles. The Hall–Kier alpha value is -3.99. The molecule has 0 fully saturated rings. The van der Waals surface area contributed by atoms with Gasteiger partial charge in [-0.05, 0) is 49.2 Å². The summed E-state index contributed by atoms with van der Waals surface area (Å²) in [4.78, 5) is 33.7. The van der Waals surface area contributed by atoms with Gasteiger partial charge in [0.15, 0.2) is 0 Å². The lowest BCUT2D eigenvalue weighted by Gasteiger charge is -2.32. The van der Waals surface area contributed by atoms with Crippen LogP contribution in [0.3, 0.4) is 0 Å². The van der Waals surface area contributed by atoms with E-state index in [-0.39, 0.29) is 11.8 Å². The lowest BCUT2D eigenvalue weighted by atomic mass is 9.81. The van der Waals surface area contributed by atoms with E-state index in [9.17, 15) is 9.59 Å². The van der Waals surface area contributed by atoms with E-state index in [1.807, 2.05) is 97.1 Å². The average molecular weight is 422 g/mol. The van der Waals surface area contributed by atoms with E-state index in [4.69, 9.17) is 0 Å². The molecule has 4 aromatic rings. The Morgan fingerprint density at radius 1 is 0.750 bits per heavy atom. The van der Waals surface area contributed by atoms with Gasteiger partial charge in [0.1, 0.15) is 6.33 Å². The van der Waals surface area contributed by atoms with Gasteiger partial charge in [-0.1, -0.05) is 60.7 Å². The second-order valence-corrected chi connectivity index (χ2v) is 7.94. The molecule has 2 atom stereocenters. The van der Waals surface area contributed by atoms with Crippen LogP contribution >= 0.6 is 0 Å². The van der Waals surface area contributed by atoms with E-state index in [2.05, 4.69) is 4.98 Å². The Labute approximate surface area is 186 Å². The first kappa shape index (κ1) is 19.9. The Morgan fingerprint density at radius 2 is 1.31 bits per heavy atom. The highest BCUT2D eigenvalue weighted by Gasteiger charge is 2.38. The highest BCUT2D eigenvalue weighted by Crippen LogP contribution is 2.34. The second-order valence-electron chi connectivity index (χ2n) is 7.94. The van der Waals surface area contributed by atoms with Gasteiger partial charge in [0.25, 0.3) is 0 Å². The van der Waals surface area contributed by atoms with Gasteiger partial charge in [-0.25, -0.2) is 4.98 Å². The molecule has 2 unspecified atom stereocenters. The third-order valence-electron chi connectivity index (χ3n) is 6.01. The van der Waals surface area contributed by atoms with Crippen LogP contribution < -0.4 is 4.90 Å². The Morgan fingerprint density at radius 3 is 1.97 bits per heavy atom. The zero-order valence-corrected chi connectivity index (χ0v) is 17.5. The number of allylic oxidation sites excluding steroid dienone is 2. The minimum absolute atomic E-state index is 0.0745. The number of amides is 1. The number of benzene rings is 3. The van der Waals surface area contributed by atoms with Crippen molar-refractivity contribution >= 4 is 34.2 Å². The number of carbonyl (C=O) groups is 2. The van der Waals surface area contributed by atoms with Gasteiger partial charge in [0, 0.05) is 11.4 Å². The lowest BCUT2D eigenvalue weighted by molar-refractivity contribution is -0.123. The van der Waals surface area contributed by atoms with Crippen LogP contribution in [0.25, 0.3) is 11.0 Å². The second kappa shape index (κ2) is 8.63. The Balaban J connectivity index is 1.53. The standard InChI is InChI=1S/C27H23N3O2/c31-26(29-19-28-24-17-9-10-18-25(24)29)22-15-7-8-16-23(22)27(32)30(20-11-3-1-4-12-20)21-13-5-2-6-14-21/h1-14,17-19,22-23H,15-16H2. The molecule has 0 N–H and O–H groups in total. The molecular weight excluding hydrogens is 398 g/mol. The fourth-order valence-corrected chi connectivity index (χ4v) is 4.40. The van der Waals surface area contributed by atoms with Crippen LogP contribution in [0.15, 0.2) is 103 Å². The molecule has 1 aromatic heterocycles. The molecule has 5 nitrogen and oxygen atoms in total. The lowest BCUT2D eigenvalue weighted by Crippen LogP contribution is -2.41. The topological polar surface area (TPSA) is 55.2 Å². The number of imidazole rings is 1. The molecule has 1 amide bonds. The number of carbonyl (C=O) groups excluding carboxylic acids is 2. The van der Waals surface area contributed by atoms with E-state index in [0.29, 0.717) is 12.8 Å². The van der Waals surface area contributed by atoms with E-state index in [1.54, 1.807) is 15.8 Å². The van der Waals surface area contributed by atoms with Crippen molar-refractivity contribution in [3.8, 4) is 0 Å². The molecule has 1 aliphatic carbocycles. The Kier molecular flexibility index (Phi) is 5.38. The summed E-state index contributed by atoms with van der Waals surface area (Å²) in [5, 5.41) is 0. The van der Waals surface area contributed by atoms with Crippen molar-refractivity contribution in [1.82, 2.24) is 9.55 Å². The summed E-state index contributed by atoms with van der Waals surface area (Å²) in [7, 11) is 0. The van der Waals surface area contributed by atoms with Crippen LogP contribution in [0.1, 0.15) is 17.6 Å². The fourth-order valence-electron chi connectivity index (χ4n) is 4.40. The van der Waals surface area contributed by atoms with Gasteiger partial charge in [-0.2, -0.15) is 0 Å². The molecule has 0 bridgehead atoms. The summed E-state index contributed by atoms with van der Waals surface area (Å²) in [6.45, 7) is 0. The zero-order valence-electron chi connectivity index (χ0n) is 17.5. The molecule has 0 radical (unpaired) electrons. The zero-order chi connectivity index (χ0) is 21.9. The van der Waals surface area contributed by atoms with E-state index < -0.39 is 11.8 Å². The SMILES string of the molecule is O=C(C1CC=CCC1C(=O)n1cnc2ccccc21)N(c1ccccc1)c1ccccc1. The molecule has 158 valence electrons. The van der Waals surface area contributed by atoms with Crippen LogP contribution in [-0.2, 0) is 4.79 Å². The molecular formula is C27H23N3O2. The number of fused-ring (bicyclic) bond motifs is 1. The van der Waals surface area contributed by atoms with Crippen molar-refractivity contribution in [3.63, 3.8) is 0 Å². The first-order chi connectivity index (χ1) is 15.7. The number of rotatable bonds is 4. The molecule has 5 rings (SSSR count). The molecule has 5 heteroatoms. The predicted molar refractivity (Wildman–Crippen MR) is 126 cm³/mol. The molecule has 0 spiro atoms. The third-order valence-corrected chi connectivity index (χ3v) is 6.01. The number of hydrogen-bond donors (Lipinski definition) is 0. The Bertz CT molecular complexity index is 1240. The smallest absolute Gasteiger partial charge is 0.236 e. The monoisotopic (exact) mass is 421 g/mol. The molecule has 0 saturated heterocycles. The van der Waals surface area contributed by atoms with E-state index in [1.165, 1.54) is 0 Å². The fraction of sp³-hybridized carbons (Fsp3) is 0.148.